The van der Waals surface area contributed by atoms with Gasteiger partial charge < -0.3 is 5.11 Å². The summed E-state index contributed by atoms with van der Waals surface area (Å²) in [4.78, 5) is 11.8. The lowest BCUT2D eigenvalue weighted by Gasteiger charge is -2.08. The van der Waals surface area contributed by atoms with Crippen LogP contribution in [0.25, 0.3) is 0 Å². The highest BCUT2D eigenvalue weighted by molar-refractivity contribution is 5.97. The van der Waals surface area contributed by atoms with Gasteiger partial charge in [0, 0.05) is 6.54 Å². The molecular formula is C10H15N3O2. The average molecular weight is 209 g/mol. The Morgan fingerprint density at radius 3 is 3.07 bits per heavy atom. The number of Topliss-reactive ketones (excluding diaryl/α,β-unsaturated/α-hetero) is 1. The molecule has 0 saturated heterocycles. The van der Waals surface area contributed by atoms with Crippen molar-refractivity contribution >= 4 is 5.78 Å². The maximum absolute atomic E-state index is 11.8. The third kappa shape index (κ3) is 2.07. The number of aliphatic hydroxyl groups is 1. The van der Waals surface area contributed by atoms with Gasteiger partial charge >= 0.3 is 0 Å². The Balaban J connectivity index is 2.13. The van der Waals surface area contributed by atoms with E-state index in [0.717, 1.165) is 19.3 Å². The van der Waals surface area contributed by atoms with Crippen LogP contribution in [0.15, 0.2) is 6.20 Å². The van der Waals surface area contributed by atoms with Gasteiger partial charge in [-0.1, -0.05) is 12.1 Å². The summed E-state index contributed by atoms with van der Waals surface area (Å²) in [6.45, 7) is 2.67. The zero-order valence-electron chi connectivity index (χ0n) is 8.76. The molecule has 82 valence electrons. The topological polar surface area (TPSA) is 68.0 Å². The summed E-state index contributed by atoms with van der Waals surface area (Å²) in [5.74, 6) is -0.0848. The lowest BCUT2D eigenvalue weighted by Crippen LogP contribution is -2.25. The van der Waals surface area contributed by atoms with Gasteiger partial charge in [-0.3, -0.25) is 4.79 Å². The van der Waals surface area contributed by atoms with Gasteiger partial charge in [-0.05, 0) is 25.2 Å². The Bertz CT molecular complexity index is 357. The molecule has 15 heavy (non-hydrogen) atoms. The largest absolute Gasteiger partial charge is 0.385 e. The van der Waals surface area contributed by atoms with Crippen molar-refractivity contribution in [1.82, 2.24) is 15.0 Å². The summed E-state index contributed by atoms with van der Waals surface area (Å²) in [6.07, 6.45) is 3.36. The van der Waals surface area contributed by atoms with Crippen molar-refractivity contribution in [3.05, 3.63) is 11.9 Å². The van der Waals surface area contributed by atoms with Gasteiger partial charge in [0.15, 0.2) is 0 Å². The number of hydrogen-bond acceptors (Lipinski definition) is 4. The summed E-state index contributed by atoms with van der Waals surface area (Å²) < 4.78 is 1.56. The number of hydrogen-bond donors (Lipinski definition) is 1. The van der Waals surface area contributed by atoms with Gasteiger partial charge in [-0.25, -0.2) is 4.68 Å². The van der Waals surface area contributed by atoms with E-state index in [0.29, 0.717) is 12.2 Å². The zero-order valence-corrected chi connectivity index (χ0v) is 8.76. The molecule has 2 rings (SSSR count). The second kappa shape index (κ2) is 4.10. The van der Waals surface area contributed by atoms with Crippen LogP contribution in [0.3, 0.4) is 0 Å². The first kappa shape index (κ1) is 10.3. The van der Waals surface area contributed by atoms with Gasteiger partial charge in [0.05, 0.1) is 6.20 Å². The van der Waals surface area contributed by atoms with Gasteiger partial charge in [0.25, 0.3) is 0 Å². The van der Waals surface area contributed by atoms with Gasteiger partial charge in [-0.15, -0.1) is 5.10 Å². The van der Waals surface area contributed by atoms with E-state index < -0.39 is 6.10 Å². The van der Waals surface area contributed by atoms with Crippen LogP contribution in [0, 0.1) is 5.92 Å². The minimum atomic E-state index is -0.862. The highest BCUT2D eigenvalue weighted by Gasteiger charge is 2.36. The second-order valence-electron chi connectivity index (χ2n) is 3.99. The normalized spacial score (nSPS) is 17.7. The molecule has 0 radical (unpaired) electrons. The summed E-state index contributed by atoms with van der Waals surface area (Å²) >= 11 is 0. The Labute approximate surface area is 88.1 Å². The van der Waals surface area contributed by atoms with E-state index in [-0.39, 0.29) is 11.7 Å². The van der Waals surface area contributed by atoms with Crippen molar-refractivity contribution in [2.75, 3.05) is 0 Å². The van der Waals surface area contributed by atoms with E-state index in [2.05, 4.69) is 10.3 Å². The molecule has 0 aliphatic heterocycles. The summed E-state index contributed by atoms with van der Waals surface area (Å²) in [6, 6.07) is 0. The number of carbonyl (C=O) groups excluding carboxylic acids is 1. The first-order valence-corrected chi connectivity index (χ1v) is 5.34. The van der Waals surface area contributed by atoms with Crippen molar-refractivity contribution in [3.8, 4) is 0 Å². The molecular weight excluding hydrogens is 194 g/mol. The van der Waals surface area contributed by atoms with Crippen molar-refractivity contribution in [1.29, 1.82) is 0 Å². The maximum atomic E-state index is 11.8. The predicted molar refractivity (Wildman–Crippen MR) is 53.4 cm³/mol. The molecule has 1 fully saturated rings. The lowest BCUT2D eigenvalue weighted by molar-refractivity contribution is 0.0692. The fourth-order valence-electron chi connectivity index (χ4n) is 1.60. The minimum absolute atomic E-state index is 0.155. The molecule has 5 nitrogen and oxygen atoms in total. The smallest absolute Gasteiger partial charge is 0.211 e. The third-order valence-electron chi connectivity index (χ3n) is 2.64. The number of carbonyl (C=O) groups is 1. The molecule has 0 aromatic carbocycles. The van der Waals surface area contributed by atoms with Crippen LogP contribution in [0.2, 0.25) is 0 Å². The molecule has 1 aromatic heterocycles. The molecule has 0 spiro atoms. The molecule has 1 saturated carbocycles. The first-order valence-electron chi connectivity index (χ1n) is 5.34. The third-order valence-corrected chi connectivity index (χ3v) is 2.64. The van der Waals surface area contributed by atoms with Crippen molar-refractivity contribution < 1.29 is 9.90 Å². The Hall–Kier alpha value is -1.23. The Morgan fingerprint density at radius 2 is 2.47 bits per heavy atom. The van der Waals surface area contributed by atoms with E-state index in [1.54, 1.807) is 4.68 Å². The predicted octanol–water partition coefficient (Wildman–Crippen LogP) is 0.642. The molecule has 1 atom stereocenters. The average Bonchev–Trinajstić information content (AvgIpc) is 2.98. The number of aliphatic hydroxyl groups excluding tert-OH is 1. The molecule has 1 unspecified atom stereocenters. The summed E-state index contributed by atoms with van der Waals surface area (Å²) in [7, 11) is 0. The monoisotopic (exact) mass is 209 g/mol. The van der Waals surface area contributed by atoms with Crippen molar-refractivity contribution in [2.24, 2.45) is 5.92 Å². The SMILES string of the molecule is CCCn1nncc1C(=O)C(O)C1CC1. The number of aryl methyl sites for hydroxylation is 1. The molecule has 1 aliphatic carbocycles. The van der Waals surface area contributed by atoms with Crippen LogP contribution in [0.4, 0.5) is 0 Å². The summed E-state index contributed by atoms with van der Waals surface area (Å²) in [5.41, 5.74) is 0.427. The van der Waals surface area contributed by atoms with E-state index in [4.69, 9.17) is 0 Å². The van der Waals surface area contributed by atoms with Crippen LogP contribution in [0.5, 0.6) is 0 Å². The summed E-state index contributed by atoms with van der Waals surface area (Å²) in [5, 5.41) is 17.2. The first-order chi connectivity index (χ1) is 7.24. The highest BCUT2D eigenvalue weighted by Crippen LogP contribution is 2.33. The molecule has 1 N–H and O–H groups in total. The molecule has 1 heterocycles. The van der Waals surface area contributed by atoms with Crippen molar-refractivity contribution in [2.45, 2.75) is 38.8 Å². The second-order valence-corrected chi connectivity index (χ2v) is 3.99. The molecule has 1 aromatic rings. The quantitative estimate of drug-likeness (QED) is 0.723. The van der Waals surface area contributed by atoms with Crippen LogP contribution in [-0.2, 0) is 6.54 Å². The Morgan fingerprint density at radius 1 is 1.73 bits per heavy atom. The van der Waals surface area contributed by atoms with Crippen LogP contribution in [-0.4, -0.2) is 32.0 Å². The van der Waals surface area contributed by atoms with Crippen LogP contribution >= 0.6 is 0 Å². The van der Waals surface area contributed by atoms with Crippen LogP contribution in [0.1, 0.15) is 36.7 Å². The molecule has 1 aliphatic rings. The number of nitrogens with zero attached hydrogens (tertiary/aromatic N) is 3. The van der Waals surface area contributed by atoms with E-state index in [1.165, 1.54) is 6.20 Å². The molecule has 0 amide bonds. The number of ketones is 1. The van der Waals surface area contributed by atoms with Crippen molar-refractivity contribution in [3.63, 3.8) is 0 Å². The fraction of sp³-hybridized carbons (Fsp3) is 0.700. The minimum Gasteiger partial charge on any atom is -0.385 e. The van der Waals surface area contributed by atoms with E-state index in [9.17, 15) is 9.90 Å². The number of rotatable bonds is 5. The van der Waals surface area contributed by atoms with Gasteiger partial charge in [0.1, 0.15) is 11.8 Å². The zero-order chi connectivity index (χ0) is 10.8. The van der Waals surface area contributed by atoms with E-state index >= 15 is 0 Å². The number of aromatic nitrogens is 3. The molecule has 0 bridgehead atoms. The standard InChI is InChI=1S/C10H15N3O2/c1-2-5-13-8(6-11-12-13)10(15)9(14)7-3-4-7/h6-7,9,14H,2-5H2,1H3. The fourth-order valence-corrected chi connectivity index (χ4v) is 1.60. The van der Waals surface area contributed by atoms with E-state index in [1.807, 2.05) is 6.92 Å². The molecule has 5 heteroatoms. The Kier molecular flexibility index (Phi) is 2.81. The highest BCUT2D eigenvalue weighted by atomic mass is 16.3. The lowest BCUT2D eigenvalue weighted by atomic mass is 10.1. The van der Waals surface area contributed by atoms with Gasteiger partial charge in [-0.2, -0.15) is 0 Å². The van der Waals surface area contributed by atoms with Gasteiger partial charge in [0.2, 0.25) is 5.78 Å². The van der Waals surface area contributed by atoms with Crippen LogP contribution < -0.4 is 0 Å². The maximum Gasteiger partial charge on any atom is 0.211 e.